The van der Waals surface area contributed by atoms with Gasteiger partial charge in [0.15, 0.2) is 0 Å². The first-order chi connectivity index (χ1) is 13.3. The number of benzene rings is 2. The van der Waals surface area contributed by atoms with Crippen molar-refractivity contribution in [1.82, 2.24) is 0 Å². The summed E-state index contributed by atoms with van der Waals surface area (Å²) < 4.78 is 9.99. The zero-order chi connectivity index (χ0) is 20.7. The van der Waals surface area contributed by atoms with Crippen molar-refractivity contribution in [2.45, 2.75) is 26.3 Å². The molecule has 148 valence electrons. The van der Waals surface area contributed by atoms with Gasteiger partial charge >= 0.3 is 6.16 Å². The number of likely N-dealkylation sites (N-methyl/N-ethyl adjacent to an activating group) is 1. The molecular weight excluding hydrogens is 356 g/mol. The zero-order valence-corrected chi connectivity index (χ0v) is 16.5. The van der Waals surface area contributed by atoms with Crippen LogP contribution in [-0.2, 0) is 16.0 Å². The van der Waals surface area contributed by atoms with E-state index in [2.05, 4.69) is 6.58 Å². The van der Waals surface area contributed by atoms with Crippen molar-refractivity contribution in [3.05, 3.63) is 71.8 Å². The fourth-order valence-corrected chi connectivity index (χ4v) is 2.92. The summed E-state index contributed by atoms with van der Waals surface area (Å²) in [5.74, 6) is 0.215. The molecule has 2 N–H and O–H groups in total. The number of carbonyl (C=O) groups excluding carboxylic acids is 2. The van der Waals surface area contributed by atoms with Crippen LogP contribution >= 0.6 is 0 Å². The molecule has 6 nitrogen and oxygen atoms in total. The molecule has 0 aromatic heterocycles. The Labute approximate surface area is 165 Å². The summed E-state index contributed by atoms with van der Waals surface area (Å²) in [6.45, 7) is 7.34. The van der Waals surface area contributed by atoms with Gasteiger partial charge < -0.3 is 20.1 Å². The van der Waals surface area contributed by atoms with Crippen molar-refractivity contribution >= 4 is 17.7 Å². The number of carbonyl (C=O) groups is 2. The number of anilines is 1. The van der Waals surface area contributed by atoms with E-state index in [1.54, 1.807) is 24.1 Å². The molecule has 2 aromatic rings. The van der Waals surface area contributed by atoms with E-state index in [0.29, 0.717) is 12.2 Å². The molecule has 6 heteroatoms. The predicted molar refractivity (Wildman–Crippen MR) is 110 cm³/mol. The molecule has 0 saturated heterocycles. The highest BCUT2D eigenvalue weighted by Gasteiger charge is 2.21. The predicted octanol–water partition coefficient (Wildman–Crippen LogP) is 3.54. The summed E-state index contributed by atoms with van der Waals surface area (Å²) in [7, 11) is 1.71. The van der Waals surface area contributed by atoms with Gasteiger partial charge in [-0.1, -0.05) is 30.9 Å². The van der Waals surface area contributed by atoms with Crippen molar-refractivity contribution in [3.8, 4) is 5.75 Å². The molecule has 0 aliphatic carbocycles. The van der Waals surface area contributed by atoms with Crippen LogP contribution in [0, 0.1) is 13.8 Å². The van der Waals surface area contributed by atoms with Gasteiger partial charge in [0.05, 0.1) is 6.04 Å². The van der Waals surface area contributed by atoms with Crippen molar-refractivity contribution < 1.29 is 19.1 Å². The average molecular weight is 382 g/mol. The van der Waals surface area contributed by atoms with Crippen LogP contribution < -0.4 is 15.4 Å². The molecule has 0 bridgehead atoms. The number of nitrogens with zero attached hydrogens (tertiary/aromatic N) is 1. The molecule has 1 amide bonds. The fourth-order valence-electron chi connectivity index (χ4n) is 2.92. The van der Waals surface area contributed by atoms with E-state index in [4.69, 9.17) is 15.2 Å². The van der Waals surface area contributed by atoms with E-state index >= 15 is 0 Å². The molecule has 2 aromatic carbocycles. The van der Waals surface area contributed by atoms with Crippen LogP contribution in [0.1, 0.15) is 16.7 Å². The van der Waals surface area contributed by atoms with Crippen LogP contribution in [0.5, 0.6) is 5.75 Å². The highest BCUT2D eigenvalue weighted by Crippen LogP contribution is 2.24. The number of hydrogen-bond donors (Lipinski definition) is 1. The monoisotopic (exact) mass is 382 g/mol. The fraction of sp³-hybridized carbons (Fsp3) is 0.273. The lowest BCUT2D eigenvalue weighted by Crippen LogP contribution is -2.43. The Kier molecular flexibility index (Phi) is 7.35. The lowest BCUT2D eigenvalue weighted by molar-refractivity contribution is -0.119. The minimum absolute atomic E-state index is 0.0841. The van der Waals surface area contributed by atoms with Crippen LogP contribution in [0.2, 0.25) is 0 Å². The zero-order valence-electron chi connectivity index (χ0n) is 16.5. The van der Waals surface area contributed by atoms with E-state index in [1.165, 1.54) is 6.08 Å². The van der Waals surface area contributed by atoms with E-state index < -0.39 is 12.2 Å². The van der Waals surface area contributed by atoms with Crippen molar-refractivity contribution in [3.63, 3.8) is 0 Å². The van der Waals surface area contributed by atoms with Gasteiger partial charge in [-0.2, -0.15) is 0 Å². The summed E-state index contributed by atoms with van der Waals surface area (Å²) in [5, 5.41) is 0. The largest absolute Gasteiger partial charge is 0.514 e. The van der Waals surface area contributed by atoms with Crippen molar-refractivity contribution in [1.29, 1.82) is 0 Å². The Balaban J connectivity index is 2.09. The topological polar surface area (TPSA) is 81.9 Å². The number of aryl methyl sites for hydroxylation is 2. The SMILES string of the molecule is C=CCOC(=O)Oc1cc(C)c(CC(N)C(=O)N(C)c2ccccc2)c(C)c1. The molecule has 0 heterocycles. The number of ether oxygens (including phenoxy) is 2. The first-order valence-corrected chi connectivity index (χ1v) is 8.97. The summed E-state index contributed by atoms with van der Waals surface area (Å²) in [6.07, 6.45) is 1.06. The normalized spacial score (nSPS) is 11.4. The second kappa shape index (κ2) is 9.71. The third-order valence-electron chi connectivity index (χ3n) is 4.41. The van der Waals surface area contributed by atoms with E-state index in [-0.39, 0.29) is 12.5 Å². The average Bonchev–Trinajstić information content (AvgIpc) is 2.68. The van der Waals surface area contributed by atoms with Crippen LogP contribution in [0.15, 0.2) is 55.1 Å². The maximum absolute atomic E-state index is 12.7. The van der Waals surface area contributed by atoms with Gasteiger partial charge in [-0.05, 0) is 61.2 Å². The number of amides is 1. The van der Waals surface area contributed by atoms with E-state index in [9.17, 15) is 9.59 Å². The van der Waals surface area contributed by atoms with Gasteiger partial charge in [0.1, 0.15) is 12.4 Å². The van der Waals surface area contributed by atoms with Crippen LogP contribution in [0.3, 0.4) is 0 Å². The van der Waals surface area contributed by atoms with E-state index in [0.717, 1.165) is 22.4 Å². The summed E-state index contributed by atoms with van der Waals surface area (Å²) >= 11 is 0. The van der Waals surface area contributed by atoms with Gasteiger partial charge in [0.2, 0.25) is 5.91 Å². The molecule has 0 aliphatic heterocycles. The lowest BCUT2D eigenvalue weighted by atomic mass is 9.95. The minimum Gasteiger partial charge on any atom is -0.430 e. The molecule has 0 fully saturated rings. The Morgan fingerprint density at radius 3 is 2.36 bits per heavy atom. The van der Waals surface area contributed by atoms with Gasteiger partial charge in [-0.15, -0.1) is 0 Å². The van der Waals surface area contributed by atoms with Crippen molar-refractivity contribution in [2.75, 3.05) is 18.6 Å². The minimum atomic E-state index is -0.789. The highest BCUT2D eigenvalue weighted by molar-refractivity contribution is 5.96. The quantitative estimate of drug-likeness (QED) is 0.450. The third-order valence-corrected chi connectivity index (χ3v) is 4.41. The standard InChI is InChI=1S/C22H26N2O4/c1-5-11-27-22(26)28-18-12-15(2)19(16(3)13-18)14-20(23)21(25)24(4)17-9-7-6-8-10-17/h5-10,12-13,20H,1,11,14,23H2,2-4H3. The maximum atomic E-state index is 12.7. The van der Waals surface area contributed by atoms with E-state index in [1.807, 2.05) is 44.2 Å². The maximum Gasteiger partial charge on any atom is 0.514 e. The van der Waals surface area contributed by atoms with Gasteiger partial charge in [0.25, 0.3) is 0 Å². The van der Waals surface area contributed by atoms with Crippen LogP contribution in [-0.4, -0.2) is 31.8 Å². The first kappa shape index (κ1) is 21.2. The number of nitrogens with two attached hydrogens (primary N) is 1. The number of rotatable bonds is 7. The van der Waals surface area contributed by atoms with Gasteiger partial charge in [0, 0.05) is 12.7 Å². The molecule has 0 radical (unpaired) electrons. The third kappa shape index (κ3) is 5.44. The Morgan fingerprint density at radius 2 is 1.79 bits per heavy atom. The molecule has 1 unspecified atom stereocenters. The molecule has 0 spiro atoms. The summed E-state index contributed by atoms with van der Waals surface area (Å²) in [4.78, 5) is 25.8. The Morgan fingerprint density at radius 1 is 1.18 bits per heavy atom. The number of hydrogen-bond acceptors (Lipinski definition) is 5. The first-order valence-electron chi connectivity index (χ1n) is 8.97. The number of para-hydroxylation sites is 1. The smallest absolute Gasteiger partial charge is 0.430 e. The van der Waals surface area contributed by atoms with Crippen LogP contribution in [0.25, 0.3) is 0 Å². The molecular formula is C22H26N2O4. The van der Waals surface area contributed by atoms with Crippen LogP contribution in [0.4, 0.5) is 10.5 Å². The highest BCUT2D eigenvalue weighted by atomic mass is 16.7. The van der Waals surface area contributed by atoms with Gasteiger partial charge in [-0.3, -0.25) is 4.79 Å². The molecule has 0 saturated carbocycles. The summed E-state index contributed by atoms with van der Waals surface area (Å²) in [6, 6.07) is 12.1. The Bertz CT molecular complexity index is 826. The molecule has 0 aliphatic rings. The molecule has 1 atom stereocenters. The second-order valence-corrected chi connectivity index (χ2v) is 6.53. The molecule has 28 heavy (non-hydrogen) atoms. The van der Waals surface area contributed by atoms with Gasteiger partial charge in [-0.25, -0.2) is 4.79 Å². The molecule has 2 rings (SSSR count). The van der Waals surface area contributed by atoms with Crippen molar-refractivity contribution in [2.24, 2.45) is 5.73 Å². The lowest BCUT2D eigenvalue weighted by Gasteiger charge is -2.22. The Hall–Kier alpha value is -3.12. The second-order valence-electron chi connectivity index (χ2n) is 6.53. The summed E-state index contributed by atoms with van der Waals surface area (Å²) in [5.41, 5.74) is 9.71.